The van der Waals surface area contributed by atoms with Gasteiger partial charge in [0.1, 0.15) is 0 Å². The predicted molar refractivity (Wildman–Crippen MR) is 53.3 cm³/mol. The van der Waals surface area contributed by atoms with Crippen LogP contribution in [0.4, 0.5) is 0 Å². The van der Waals surface area contributed by atoms with E-state index in [4.69, 9.17) is 5.73 Å². The van der Waals surface area contributed by atoms with E-state index >= 15 is 0 Å². The summed E-state index contributed by atoms with van der Waals surface area (Å²) < 4.78 is 0. The molecule has 0 aromatic carbocycles. The molecule has 12 heavy (non-hydrogen) atoms. The standard InChI is InChI=1S/C8H13N3S/c1-11(2)8(9)10-5-7-3-4-12-6-7/h3-4,6H,5H2,1-2H3,(H2,9,10). The lowest BCUT2D eigenvalue weighted by Crippen LogP contribution is -2.30. The van der Waals surface area contributed by atoms with Crippen LogP contribution >= 0.6 is 11.3 Å². The van der Waals surface area contributed by atoms with Crippen molar-refractivity contribution in [3.8, 4) is 0 Å². The highest BCUT2D eigenvalue weighted by molar-refractivity contribution is 7.07. The van der Waals surface area contributed by atoms with Gasteiger partial charge in [-0.25, -0.2) is 4.99 Å². The highest BCUT2D eigenvalue weighted by Gasteiger charge is 1.94. The van der Waals surface area contributed by atoms with E-state index in [1.165, 1.54) is 5.56 Å². The predicted octanol–water partition coefficient (Wildman–Crippen LogP) is 1.12. The minimum Gasteiger partial charge on any atom is -0.370 e. The van der Waals surface area contributed by atoms with Crippen LogP contribution in [0.2, 0.25) is 0 Å². The first-order valence-corrected chi connectivity index (χ1v) is 4.62. The Kier molecular flexibility index (Phi) is 3.10. The van der Waals surface area contributed by atoms with Crippen molar-refractivity contribution >= 4 is 17.3 Å². The zero-order chi connectivity index (χ0) is 8.97. The van der Waals surface area contributed by atoms with E-state index in [0.29, 0.717) is 12.5 Å². The highest BCUT2D eigenvalue weighted by atomic mass is 32.1. The summed E-state index contributed by atoms with van der Waals surface area (Å²) >= 11 is 1.68. The third kappa shape index (κ3) is 2.54. The molecule has 0 atom stereocenters. The van der Waals surface area contributed by atoms with Gasteiger partial charge in [-0.05, 0) is 22.4 Å². The fraction of sp³-hybridized carbons (Fsp3) is 0.375. The maximum atomic E-state index is 5.61. The molecule has 1 heterocycles. The van der Waals surface area contributed by atoms with E-state index < -0.39 is 0 Å². The van der Waals surface area contributed by atoms with Crippen LogP contribution in [0.5, 0.6) is 0 Å². The SMILES string of the molecule is CN(C)C(N)=NCc1ccsc1. The van der Waals surface area contributed by atoms with E-state index in [2.05, 4.69) is 16.4 Å². The van der Waals surface area contributed by atoms with E-state index in [9.17, 15) is 0 Å². The number of nitrogens with two attached hydrogens (primary N) is 1. The van der Waals surface area contributed by atoms with Gasteiger partial charge in [0, 0.05) is 14.1 Å². The summed E-state index contributed by atoms with van der Waals surface area (Å²) in [5.74, 6) is 0.571. The van der Waals surface area contributed by atoms with Gasteiger partial charge in [0.15, 0.2) is 5.96 Å². The van der Waals surface area contributed by atoms with Crippen LogP contribution in [0.25, 0.3) is 0 Å². The van der Waals surface area contributed by atoms with Crippen molar-refractivity contribution in [3.63, 3.8) is 0 Å². The third-order valence-corrected chi connectivity index (χ3v) is 2.19. The topological polar surface area (TPSA) is 41.6 Å². The average Bonchev–Trinajstić information content (AvgIpc) is 2.51. The minimum absolute atomic E-state index is 0.571. The molecule has 0 saturated carbocycles. The molecule has 0 amide bonds. The summed E-state index contributed by atoms with van der Waals surface area (Å²) in [5.41, 5.74) is 6.83. The van der Waals surface area contributed by atoms with Crippen LogP contribution in [-0.4, -0.2) is 25.0 Å². The zero-order valence-corrected chi connectivity index (χ0v) is 8.14. The quantitative estimate of drug-likeness (QED) is 0.551. The molecule has 0 aliphatic carbocycles. The smallest absolute Gasteiger partial charge is 0.191 e. The summed E-state index contributed by atoms with van der Waals surface area (Å²) in [4.78, 5) is 5.99. The van der Waals surface area contributed by atoms with Crippen LogP contribution in [0.3, 0.4) is 0 Å². The molecule has 0 unspecified atom stereocenters. The molecule has 3 nitrogen and oxygen atoms in total. The lowest BCUT2D eigenvalue weighted by molar-refractivity contribution is 0.609. The lowest BCUT2D eigenvalue weighted by atomic mass is 10.3. The number of thiophene rings is 1. The van der Waals surface area contributed by atoms with Gasteiger partial charge >= 0.3 is 0 Å². The van der Waals surface area contributed by atoms with Crippen LogP contribution in [0.15, 0.2) is 21.8 Å². The van der Waals surface area contributed by atoms with Crippen molar-refractivity contribution in [3.05, 3.63) is 22.4 Å². The van der Waals surface area contributed by atoms with Gasteiger partial charge in [-0.2, -0.15) is 11.3 Å². The van der Waals surface area contributed by atoms with Gasteiger partial charge < -0.3 is 10.6 Å². The van der Waals surface area contributed by atoms with Gasteiger partial charge in [0.25, 0.3) is 0 Å². The monoisotopic (exact) mass is 183 g/mol. The molecular formula is C8H13N3S. The number of hydrogen-bond donors (Lipinski definition) is 1. The lowest BCUT2D eigenvalue weighted by Gasteiger charge is -2.09. The van der Waals surface area contributed by atoms with Crippen LogP contribution in [-0.2, 0) is 6.54 Å². The molecule has 0 aliphatic heterocycles. The largest absolute Gasteiger partial charge is 0.370 e. The van der Waals surface area contributed by atoms with E-state index in [1.54, 1.807) is 16.2 Å². The van der Waals surface area contributed by atoms with Gasteiger partial charge in [-0.15, -0.1) is 0 Å². The number of hydrogen-bond acceptors (Lipinski definition) is 2. The van der Waals surface area contributed by atoms with Crippen LogP contribution < -0.4 is 5.73 Å². The van der Waals surface area contributed by atoms with E-state index in [-0.39, 0.29) is 0 Å². The molecule has 1 aromatic rings. The molecule has 1 rings (SSSR count). The minimum atomic E-state index is 0.571. The van der Waals surface area contributed by atoms with Crippen LogP contribution in [0, 0.1) is 0 Å². The van der Waals surface area contributed by atoms with Gasteiger partial charge in [0.05, 0.1) is 6.54 Å². The Morgan fingerprint density at radius 2 is 2.42 bits per heavy atom. The number of guanidine groups is 1. The second-order valence-corrected chi connectivity index (χ2v) is 3.48. The summed E-state index contributed by atoms with van der Waals surface area (Å²) in [6.07, 6.45) is 0. The fourth-order valence-electron chi connectivity index (χ4n) is 0.696. The Balaban J connectivity index is 2.49. The average molecular weight is 183 g/mol. The molecule has 0 saturated heterocycles. The van der Waals surface area contributed by atoms with Crippen molar-refractivity contribution < 1.29 is 0 Å². The Labute approximate surface area is 76.5 Å². The highest BCUT2D eigenvalue weighted by Crippen LogP contribution is 2.06. The summed E-state index contributed by atoms with van der Waals surface area (Å²) in [6.45, 7) is 0.674. The Bertz CT molecular complexity index is 251. The van der Waals surface area contributed by atoms with Crippen molar-refractivity contribution in [1.82, 2.24) is 4.90 Å². The first-order chi connectivity index (χ1) is 5.70. The molecule has 4 heteroatoms. The molecular weight excluding hydrogens is 170 g/mol. The van der Waals surface area contributed by atoms with Gasteiger partial charge in [0.2, 0.25) is 0 Å². The molecule has 2 N–H and O–H groups in total. The molecule has 66 valence electrons. The molecule has 0 fully saturated rings. The molecule has 0 spiro atoms. The molecule has 0 aliphatic rings. The van der Waals surface area contributed by atoms with Gasteiger partial charge in [-0.1, -0.05) is 0 Å². The van der Waals surface area contributed by atoms with Gasteiger partial charge in [-0.3, -0.25) is 0 Å². The normalized spacial score (nSPS) is 11.7. The first-order valence-electron chi connectivity index (χ1n) is 3.68. The van der Waals surface area contributed by atoms with E-state index in [0.717, 1.165) is 0 Å². The van der Waals surface area contributed by atoms with Crippen molar-refractivity contribution in [1.29, 1.82) is 0 Å². The van der Waals surface area contributed by atoms with E-state index in [1.807, 2.05) is 19.5 Å². The van der Waals surface area contributed by atoms with Crippen LogP contribution in [0.1, 0.15) is 5.56 Å². The first kappa shape index (κ1) is 9.06. The molecule has 0 bridgehead atoms. The van der Waals surface area contributed by atoms with Crippen molar-refractivity contribution in [2.24, 2.45) is 10.7 Å². The Hall–Kier alpha value is -1.03. The number of nitrogens with zero attached hydrogens (tertiary/aromatic N) is 2. The second-order valence-electron chi connectivity index (χ2n) is 2.70. The summed E-state index contributed by atoms with van der Waals surface area (Å²) in [7, 11) is 3.76. The Morgan fingerprint density at radius 3 is 2.92 bits per heavy atom. The summed E-state index contributed by atoms with van der Waals surface area (Å²) in [6, 6.07) is 2.05. The molecule has 1 aromatic heterocycles. The van der Waals surface area contributed by atoms with Crippen molar-refractivity contribution in [2.45, 2.75) is 6.54 Å². The Morgan fingerprint density at radius 1 is 1.67 bits per heavy atom. The maximum Gasteiger partial charge on any atom is 0.191 e. The fourth-order valence-corrected chi connectivity index (χ4v) is 1.36. The zero-order valence-electron chi connectivity index (χ0n) is 7.32. The number of aliphatic imine (C=N–C) groups is 1. The van der Waals surface area contributed by atoms with Crippen molar-refractivity contribution in [2.75, 3.05) is 14.1 Å². The number of rotatable bonds is 2. The summed E-state index contributed by atoms with van der Waals surface area (Å²) in [5, 5.41) is 4.11. The molecule has 0 radical (unpaired) electrons. The second kappa shape index (κ2) is 4.11. The maximum absolute atomic E-state index is 5.61. The third-order valence-electron chi connectivity index (χ3n) is 1.46.